The predicted molar refractivity (Wildman–Crippen MR) is 102 cm³/mol. The number of sulfonamides is 1. The van der Waals surface area contributed by atoms with Gasteiger partial charge < -0.3 is 14.8 Å². The average Bonchev–Trinajstić information content (AvgIpc) is 3.18. The summed E-state index contributed by atoms with van der Waals surface area (Å²) >= 11 is 0. The number of carbonyl (C=O) groups excluding carboxylic acids is 1. The molecule has 1 fully saturated rings. The molecule has 0 aliphatic carbocycles. The van der Waals surface area contributed by atoms with Gasteiger partial charge in [-0.2, -0.15) is 4.31 Å². The van der Waals surface area contributed by atoms with Crippen LogP contribution in [0.2, 0.25) is 0 Å². The first kappa shape index (κ1) is 18.7. The van der Waals surface area contributed by atoms with Gasteiger partial charge in [0.25, 0.3) is 0 Å². The number of carbonyl (C=O) groups is 1. The molecule has 9 heteroatoms. The highest BCUT2D eigenvalue weighted by Gasteiger charge is 2.40. The first-order valence-electron chi connectivity index (χ1n) is 9.11. The maximum absolute atomic E-state index is 13.2. The normalized spacial score (nSPS) is 19.4. The van der Waals surface area contributed by atoms with Crippen LogP contribution in [0.3, 0.4) is 0 Å². The van der Waals surface area contributed by atoms with Crippen molar-refractivity contribution >= 4 is 21.7 Å². The zero-order valence-corrected chi connectivity index (χ0v) is 16.2. The number of nitrogens with zero attached hydrogens (tertiary/aromatic N) is 2. The lowest BCUT2D eigenvalue weighted by atomic mass is 10.2. The topological polar surface area (TPSA) is 97.8 Å². The van der Waals surface area contributed by atoms with E-state index in [1.54, 1.807) is 18.2 Å². The van der Waals surface area contributed by atoms with E-state index >= 15 is 0 Å². The molecular weight excluding hydrogens is 382 g/mol. The van der Waals surface area contributed by atoms with Crippen molar-refractivity contribution in [2.45, 2.75) is 30.7 Å². The van der Waals surface area contributed by atoms with Gasteiger partial charge in [-0.1, -0.05) is 6.07 Å². The molecule has 1 aromatic heterocycles. The molecule has 2 aliphatic heterocycles. The number of aromatic nitrogens is 1. The van der Waals surface area contributed by atoms with Crippen LogP contribution in [0.1, 0.15) is 18.5 Å². The second-order valence-corrected chi connectivity index (χ2v) is 8.62. The zero-order chi connectivity index (χ0) is 19.7. The van der Waals surface area contributed by atoms with Crippen LogP contribution in [0.5, 0.6) is 11.5 Å². The number of anilines is 1. The molecule has 1 amide bonds. The summed E-state index contributed by atoms with van der Waals surface area (Å²) in [6.45, 7) is 2.91. The summed E-state index contributed by atoms with van der Waals surface area (Å²) in [5, 5.41) is 2.73. The number of hydrogen-bond donors (Lipinski definition) is 1. The molecule has 28 heavy (non-hydrogen) atoms. The average molecular weight is 403 g/mol. The van der Waals surface area contributed by atoms with Crippen molar-refractivity contribution in [2.75, 3.05) is 25.1 Å². The van der Waals surface area contributed by atoms with Crippen molar-refractivity contribution in [3.05, 3.63) is 42.1 Å². The Balaban J connectivity index is 1.57. The lowest BCUT2D eigenvalue weighted by Gasteiger charge is -2.24. The van der Waals surface area contributed by atoms with E-state index < -0.39 is 16.1 Å². The number of aryl methyl sites for hydroxylation is 1. The Bertz CT molecular complexity index is 1010. The number of ether oxygens (including phenoxy) is 2. The van der Waals surface area contributed by atoms with Gasteiger partial charge in [0, 0.05) is 18.3 Å². The SMILES string of the molecule is Cc1cccc(NC(=O)[C@H]2CCCN2S(=O)(=O)c2ccc3c(c2)OCCO3)n1. The smallest absolute Gasteiger partial charge is 0.243 e. The second kappa shape index (κ2) is 7.40. The Kier molecular flexibility index (Phi) is 4.94. The summed E-state index contributed by atoms with van der Waals surface area (Å²) in [5.74, 6) is 0.952. The first-order valence-corrected chi connectivity index (χ1v) is 10.6. The third kappa shape index (κ3) is 3.55. The predicted octanol–water partition coefficient (Wildman–Crippen LogP) is 1.95. The molecule has 148 valence electrons. The van der Waals surface area contributed by atoms with Gasteiger partial charge in [0.15, 0.2) is 11.5 Å². The highest BCUT2D eigenvalue weighted by molar-refractivity contribution is 7.89. The Morgan fingerprint density at radius 1 is 1.18 bits per heavy atom. The standard InChI is InChI=1S/C19H21N3O5S/c1-13-4-2-6-18(20-13)21-19(23)15-5-3-9-22(15)28(24,25)14-7-8-16-17(12-14)27-11-10-26-16/h2,4,6-8,12,15H,3,5,9-11H2,1H3,(H,20,21,23)/t15-/m1/s1. The monoisotopic (exact) mass is 403 g/mol. The summed E-state index contributed by atoms with van der Waals surface area (Å²) in [6, 6.07) is 9.04. The number of nitrogens with one attached hydrogen (secondary N) is 1. The van der Waals surface area contributed by atoms with Gasteiger partial charge in [-0.15, -0.1) is 0 Å². The fourth-order valence-corrected chi connectivity index (χ4v) is 5.10. The Morgan fingerprint density at radius 3 is 2.75 bits per heavy atom. The minimum absolute atomic E-state index is 0.0881. The molecule has 3 heterocycles. The molecule has 1 aromatic carbocycles. The number of benzene rings is 1. The third-order valence-electron chi connectivity index (χ3n) is 4.77. The molecular formula is C19H21N3O5S. The van der Waals surface area contributed by atoms with Crippen molar-refractivity contribution in [3.63, 3.8) is 0 Å². The second-order valence-electron chi connectivity index (χ2n) is 6.73. The summed E-state index contributed by atoms with van der Waals surface area (Å²) < 4.78 is 38.5. The number of fused-ring (bicyclic) bond motifs is 1. The summed E-state index contributed by atoms with van der Waals surface area (Å²) in [5.41, 5.74) is 0.768. The Morgan fingerprint density at radius 2 is 1.96 bits per heavy atom. The summed E-state index contributed by atoms with van der Waals surface area (Å²) in [4.78, 5) is 17.1. The van der Waals surface area contributed by atoms with E-state index in [1.165, 1.54) is 16.4 Å². The third-order valence-corrected chi connectivity index (χ3v) is 6.67. The highest BCUT2D eigenvalue weighted by atomic mass is 32.2. The molecule has 0 unspecified atom stereocenters. The van der Waals surface area contributed by atoms with Crippen molar-refractivity contribution < 1.29 is 22.7 Å². The van der Waals surface area contributed by atoms with Gasteiger partial charge in [0.2, 0.25) is 15.9 Å². The van der Waals surface area contributed by atoms with Crippen LogP contribution < -0.4 is 14.8 Å². The lowest BCUT2D eigenvalue weighted by molar-refractivity contribution is -0.119. The van der Waals surface area contributed by atoms with E-state index in [0.29, 0.717) is 43.4 Å². The van der Waals surface area contributed by atoms with Crippen LogP contribution in [0.25, 0.3) is 0 Å². The minimum atomic E-state index is -3.85. The molecule has 1 atom stereocenters. The lowest BCUT2D eigenvalue weighted by Crippen LogP contribution is -2.43. The van der Waals surface area contributed by atoms with Gasteiger partial charge in [0.05, 0.1) is 4.90 Å². The van der Waals surface area contributed by atoms with Crippen LogP contribution in [0, 0.1) is 6.92 Å². The van der Waals surface area contributed by atoms with E-state index in [4.69, 9.17) is 9.47 Å². The van der Waals surface area contributed by atoms with Crippen LogP contribution in [-0.2, 0) is 14.8 Å². The van der Waals surface area contributed by atoms with Crippen LogP contribution in [0.15, 0.2) is 41.3 Å². The van der Waals surface area contributed by atoms with E-state index in [1.807, 2.05) is 13.0 Å². The molecule has 0 bridgehead atoms. The van der Waals surface area contributed by atoms with Crippen molar-refractivity contribution in [2.24, 2.45) is 0 Å². The largest absolute Gasteiger partial charge is 0.486 e. The van der Waals surface area contributed by atoms with Gasteiger partial charge in [-0.05, 0) is 44.0 Å². The van der Waals surface area contributed by atoms with Gasteiger partial charge in [-0.3, -0.25) is 4.79 Å². The Hall–Kier alpha value is -2.65. The van der Waals surface area contributed by atoms with Crippen molar-refractivity contribution in [1.29, 1.82) is 0 Å². The zero-order valence-electron chi connectivity index (χ0n) is 15.4. The first-order chi connectivity index (χ1) is 13.4. The number of hydrogen-bond acceptors (Lipinski definition) is 6. The maximum Gasteiger partial charge on any atom is 0.243 e. The van der Waals surface area contributed by atoms with E-state index in [2.05, 4.69) is 10.3 Å². The summed E-state index contributed by atoms with van der Waals surface area (Å²) in [6.07, 6.45) is 1.07. The number of amides is 1. The van der Waals surface area contributed by atoms with Crippen LogP contribution >= 0.6 is 0 Å². The summed E-state index contributed by atoms with van der Waals surface area (Å²) in [7, 11) is -3.85. The molecule has 1 saturated heterocycles. The number of rotatable bonds is 4. The molecule has 2 aromatic rings. The molecule has 8 nitrogen and oxygen atoms in total. The molecule has 2 aliphatic rings. The molecule has 1 N–H and O–H groups in total. The molecule has 0 saturated carbocycles. The van der Waals surface area contributed by atoms with Crippen LogP contribution in [-0.4, -0.2) is 49.4 Å². The van der Waals surface area contributed by atoms with Gasteiger partial charge >= 0.3 is 0 Å². The van der Waals surface area contributed by atoms with E-state index in [0.717, 1.165) is 5.69 Å². The Labute approximate surface area is 163 Å². The fourth-order valence-electron chi connectivity index (χ4n) is 3.43. The van der Waals surface area contributed by atoms with Gasteiger partial charge in [-0.25, -0.2) is 13.4 Å². The quantitative estimate of drug-likeness (QED) is 0.838. The van der Waals surface area contributed by atoms with E-state index in [-0.39, 0.29) is 17.3 Å². The maximum atomic E-state index is 13.2. The van der Waals surface area contributed by atoms with Crippen molar-refractivity contribution in [1.82, 2.24) is 9.29 Å². The highest BCUT2D eigenvalue weighted by Crippen LogP contribution is 2.35. The van der Waals surface area contributed by atoms with E-state index in [9.17, 15) is 13.2 Å². The fraction of sp³-hybridized carbons (Fsp3) is 0.368. The molecule has 4 rings (SSSR count). The molecule has 0 spiro atoms. The van der Waals surface area contributed by atoms with Crippen molar-refractivity contribution in [3.8, 4) is 11.5 Å². The van der Waals surface area contributed by atoms with Crippen LogP contribution in [0.4, 0.5) is 5.82 Å². The molecule has 0 radical (unpaired) electrons. The van der Waals surface area contributed by atoms with Gasteiger partial charge in [0.1, 0.15) is 25.1 Å². The number of pyridine rings is 1. The minimum Gasteiger partial charge on any atom is -0.486 e.